The van der Waals surface area contributed by atoms with Gasteiger partial charge in [-0.1, -0.05) is 32.0 Å². The molecule has 7 heteroatoms. The average Bonchev–Trinajstić information content (AvgIpc) is 3.23. The van der Waals surface area contributed by atoms with Crippen LogP contribution in [-0.2, 0) is 0 Å². The van der Waals surface area contributed by atoms with Gasteiger partial charge in [0.15, 0.2) is 5.13 Å². The third-order valence-electron chi connectivity index (χ3n) is 3.76. The molecule has 0 saturated heterocycles. The van der Waals surface area contributed by atoms with Crippen molar-refractivity contribution in [2.45, 2.75) is 26.7 Å². The molecule has 6 nitrogen and oxygen atoms in total. The first-order valence-electron chi connectivity index (χ1n) is 7.69. The maximum Gasteiger partial charge on any atom is 0.299 e. The summed E-state index contributed by atoms with van der Waals surface area (Å²) in [6, 6.07) is 8.04. The van der Waals surface area contributed by atoms with E-state index >= 15 is 0 Å². The first kappa shape index (κ1) is 16.3. The van der Waals surface area contributed by atoms with Crippen molar-refractivity contribution >= 4 is 22.4 Å². The fourth-order valence-corrected chi connectivity index (χ4v) is 3.10. The zero-order valence-corrected chi connectivity index (χ0v) is 14.9. The van der Waals surface area contributed by atoms with E-state index in [1.165, 1.54) is 16.2 Å². The van der Waals surface area contributed by atoms with Crippen LogP contribution < -0.4 is 4.90 Å². The van der Waals surface area contributed by atoms with Gasteiger partial charge in [-0.2, -0.15) is 0 Å². The second-order valence-electron chi connectivity index (χ2n) is 5.79. The van der Waals surface area contributed by atoms with Crippen molar-refractivity contribution in [2.24, 2.45) is 0 Å². The molecule has 0 fully saturated rings. The zero-order chi connectivity index (χ0) is 17.3. The summed E-state index contributed by atoms with van der Waals surface area (Å²) in [6.45, 7) is 6.12. The molecule has 2 heterocycles. The Morgan fingerprint density at radius 3 is 2.71 bits per heavy atom. The number of thiazole rings is 1. The van der Waals surface area contributed by atoms with Crippen molar-refractivity contribution in [1.82, 2.24) is 19.7 Å². The number of hydrogen-bond acceptors (Lipinski definition) is 5. The molecule has 2 aromatic heterocycles. The van der Waals surface area contributed by atoms with Crippen LogP contribution in [0.25, 0.3) is 5.69 Å². The summed E-state index contributed by atoms with van der Waals surface area (Å²) in [5, 5.41) is 6.90. The number of aryl methyl sites for hydroxylation is 1. The Kier molecular flexibility index (Phi) is 4.44. The van der Waals surface area contributed by atoms with Crippen LogP contribution in [0.2, 0.25) is 0 Å². The largest absolute Gasteiger partial charge is 0.299 e. The van der Waals surface area contributed by atoms with Gasteiger partial charge in [-0.15, -0.1) is 16.4 Å². The highest BCUT2D eigenvalue weighted by molar-refractivity contribution is 7.13. The minimum absolute atomic E-state index is 0.170. The Labute approximate surface area is 144 Å². The number of para-hydroxylation sites is 1. The Bertz CT molecular complexity index is 854. The molecule has 0 aliphatic rings. The first-order valence-corrected chi connectivity index (χ1v) is 8.57. The van der Waals surface area contributed by atoms with Crippen LogP contribution in [-0.4, -0.2) is 32.7 Å². The van der Waals surface area contributed by atoms with Gasteiger partial charge in [0.2, 0.25) is 5.82 Å². The lowest BCUT2D eigenvalue weighted by atomic mass is 10.0. The fourth-order valence-electron chi connectivity index (χ4n) is 2.50. The molecule has 0 unspecified atom stereocenters. The molecule has 3 rings (SSSR count). The highest BCUT2D eigenvalue weighted by Gasteiger charge is 2.22. The van der Waals surface area contributed by atoms with Gasteiger partial charge >= 0.3 is 0 Å². The Hall–Kier alpha value is -2.54. The molecule has 1 aromatic carbocycles. The first-order chi connectivity index (χ1) is 11.5. The second-order valence-corrected chi connectivity index (χ2v) is 6.66. The Morgan fingerprint density at radius 2 is 2.04 bits per heavy atom. The number of carbonyl (C=O) groups is 1. The Morgan fingerprint density at radius 1 is 1.29 bits per heavy atom. The zero-order valence-electron chi connectivity index (χ0n) is 14.1. The van der Waals surface area contributed by atoms with Crippen LogP contribution in [0.15, 0.2) is 35.8 Å². The molecule has 3 aromatic rings. The SMILES string of the molecule is Cc1nc(C(=O)N(C)c2nccs2)nn1-c1ccccc1C(C)C. The van der Waals surface area contributed by atoms with Gasteiger partial charge in [0.1, 0.15) is 5.82 Å². The van der Waals surface area contributed by atoms with Gasteiger partial charge in [0.25, 0.3) is 5.91 Å². The molecule has 24 heavy (non-hydrogen) atoms. The molecule has 0 atom stereocenters. The number of rotatable bonds is 4. The minimum atomic E-state index is -0.270. The van der Waals surface area contributed by atoms with Crippen molar-refractivity contribution in [2.75, 3.05) is 11.9 Å². The lowest BCUT2D eigenvalue weighted by Gasteiger charge is -2.13. The van der Waals surface area contributed by atoms with E-state index in [1.54, 1.807) is 17.9 Å². The molecule has 124 valence electrons. The molecular formula is C17H19N5OS. The number of amides is 1. The minimum Gasteiger partial charge on any atom is -0.284 e. The van der Waals surface area contributed by atoms with E-state index in [4.69, 9.17) is 0 Å². The smallest absolute Gasteiger partial charge is 0.284 e. The van der Waals surface area contributed by atoms with E-state index in [-0.39, 0.29) is 11.7 Å². The van der Waals surface area contributed by atoms with E-state index in [0.717, 1.165) is 11.3 Å². The lowest BCUT2D eigenvalue weighted by Crippen LogP contribution is -2.27. The molecular weight excluding hydrogens is 322 g/mol. The summed E-state index contributed by atoms with van der Waals surface area (Å²) in [5.74, 6) is 0.929. The normalized spacial score (nSPS) is 11.0. The monoisotopic (exact) mass is 341 g/mol. The van der Waals surface area contributed by atoms with Crippen molar-refractivity contribution in [3.8, 4) is 5.69 Å². The van der Waals surface area contributed by atoms with E-state index in [0.29, 0.717) is 16.9 Å². The van der Waals surface area contributed by atoms with Crippen molar-refractivity contribution in [1.29, 1.82) is 0 Å². The van der Waals surface area contributed by atoms with Crippen LogP contribution >= 0.6 is 11.3 Å². The van der Waals surface area contributed by atoms with Gasteiger partial charge in [0, 0.05) is 18.6 Å². The summed E-state index contributed by atoms with van der Waals surface area (Å²) in [7, 11) is 1.68. The van der Waals surface area contributed by atoms with Crippen molar-refractivity contribution in [3.05, 3.63) is 53.1 Å². The van der Waals surface area contributed by atoms with Gasteiger partial charge in [-0.25, -0.2) is 14.6 Å². The van der Waals surface area contributed by atoms with E-state index in [2.05, 4.69) is 35.0 Å². The second kappa shape index (κ2) is 6.52. The van der Waals surface area contributed by atoms with Crippen molar-refractivity contribution in [3.63, 3.8) is 0 Å². The van der Waals surface area contributed by atoms with Crippen LogP contribution in [0.1, 0.15) is 41.8 Å². The molecule has 0 aliphatic heterocycles. The van der Waals surface area contributed by atoms with Crippen LogP contribution in [0.5, 0.6) is 0 Å². The quantitative estimate of drug-likeness (QED) is 0.729. The number of benzene rings is 1. The molecule has 0 bridgehead atoms. The molecule has 0 aliphatic carbocycles. The van der Waals surface area contributed by atoms with E-state index in [1.807, 2.05) is 30.5 Å². The lowest BCUT2D eigenvalue weighted by molar-refractivity contribution is 0.0983. The average molecular weight is 341 g/mol. The van der Waals surface area contributed by atoms with Gasteiger partial charge in [0.05, 0.1) is 5.69 Å². The molecule has 0 saturated carbocycles. The fraction of sp³-hybridized carbons (Fsp3) is 0.294. The molecule has 0 spiro atoms. The predicted octanol–water partition coefficient (Wildman–Crippen LogP) is 3.43. The Balaban J connectivity index is 1.98. The molecule has 0 radical (unpaired) electrons. The topological polar surface area (TPSA) is 63.9 Å². The van der Waals surface area contributed by atoms with Crippen LogP contribution in [0.3, 0.4) is 0 Å². The highest BCUT2D eigenvalue weighted by atomic mass is 32.1. The van der Waals surface area contributed by atoms with Gasteiger partial charge < -0.3 is 0 Å². The third kappa shape index (κ3) is 2.94. The highest BCUT2D eigenvalue weighted by Crippen LogP contribution is 2.23. The summed E-state index contributed by atoms with van der Waals surface area (Å²) < 4.78 is 1.73. The number of carbonyl (C=O) groups excluding carboxylic acids is 1. The number of aromatic nitrogens is 4. The van der Waals surface area contributed by atoms with Crippen LogP contribution in [0.4, 0.5) is 5.13 Å². The standard InChI is InChI=1S/C17H19N5OS/c1-11(2)13-7-5-6-8-14(13)22-12(3)19-15(20-22)16(23)21(4)17-18-9-10-24-17/h5-11H,1-4H3. The third-order valence-corrected chi connectivity index (χ3v) is 4.61. The van der Waals surface area contributed by atoms with Gasteiger partial charge in [-0.05, 0) is 24.5 Å². The van der Waals surface area contributed by atoms with Crippen LogP contribution in [0, 0.1) is 6.92 Å². The molecule has 0 N–H and O–H groups in total. The predicted molar refractivity (Wildman–Crippen MR) is 95.0 cm³/mol. The number of hydrogen-bond donors (Lipinski definition) is 0. The number of nitrogens with zero attached hydrogens (tertiary/aromatic N) is 5. The summed E-state index contributed by atoms with van der Waals surface area (Å²) in [4.78, 5) is 22.6. The van der Waals surface area contributed by atoms with E-state index < -0.39 is 0 Å². The summed E-state index contributed by atoms with van der Waals surface area (Å²) in [6.07, 6.45) is 1.67. The maximum absolute atomic E-state index is 12.6. The summed E-state index contributed by atoms with van der Waals surface area (Å²) >= 11 is 1.40. The number of anilines is 1. The summed E-state index contributed by atoms with van der Waals surface area (Å²) in [5.41, 5.74) is 2.12. The maximum atomic E-state index is 12.6. The van der Waals surface area contributed by atoms with Gasteiger partial charge in [-0.3, -0.25) is 9.69 Å². The van der Waals surface area contributed by atoms with Crippen molar-refractivity contribution < 1.29 is 4.79 Å². The molecule has 1 amide bonds. The van der Waals surface area contributed by atoms with E-state index in [9.17, 15) is 4.79 Å².